The molecule has 0 spiro atoms. The van der Waals surface area contributed by atoms with Crippen LogP contribution in [0.5, 0.6) is 17.2 Å². The lowest BCUT2D eigenvalue weighted by molar-refractivity contribution is -0.203. The normalized spacial score (nSPS) is 11.1. The van der Waals surface area contributed by atoms with Crippen LogP contribution in [0.4, 0.5) is 0 Å². The quantitative estimate of drug-likeness (QED) is 0.212. The molecule has 0 aliphatic heterocycles. The van der Waals surface area contributed by atoms with Gasteiger partial charge in [0.15, 0.2) is 0 Å². The van der Waals surface area contributed by atoms with Gasteiger partial charge in [-0.15, -0.1) is 0 Å². The Morgan fingerprint density at radius 2 is 0.558 bits per heavy atom. The largest absolute Gasteiger partial charge is 0.507 e. The monoisotopic (exact) mass is 592 g/mol. The van der Waals surface area contributed by atoms with E-state index in [0.29, 0.717) is 33.4 Å². The van der Waals surface area contributed by atoms with Crippen molar-refractivity contribution in [3.05, 3.63) is 83.5 Å². The first-order valence-corrected chi connectivity index (χ1v) is 13.9. The Morgan fingerprint density at radius 1 is 0.372 bits per heavy atom. The Morgan fingerprint density at radius 3 is 0.767 bits per heavy atom. The van der Waals surface area contributed by atoms with E-state index in [1.54, 1.807) is 83.1 Å². The van der Waals surface area contributed by atoms with Crippen LogP contribution in [0.15, 0.2) is 0 Å². The van der Waals surface area contributed by atoms with Crippen LogP contribution in [0.1, 0.15) is 97.8 Å². The van der Waals surface area contributed by atoms with Gasteiger partial charge in [-0.3, -0.25) is 0 Å². The number of hydrogen-bond donors (Lipinski definition) is 3. The number of benzene rings is 3. The number of aromatic hydroxyl groups is 3. The fourth-order valence-corrected chi connectivity index (χ4v) is 5.14. The molecule has 9 nitrogen and oxygen atoms in total. The van der Waals surface area contributed by atoms with Gasteiger partial charge in [0.1, 0.15) is 33.9 Å². The van der Waals surface area contributed by atoms with Crippen molar-refractivity contribution in [1.29, 1.82) is 0 Å². The average molecular weight is 593 g/mol. The van der Waals surface area contributed by atoms with E-state index in [0.717, 1.165) is 33.4 Å². The molecule has 0 atom stereocenters. The number of carbonyl (C=O) groups is 3. The van der Waals surface area contributed by atoms with Crippen molar-refractivity contribution in [2.24, 2.45) is 0 Å². The third kappa shape index (κ3) is 5.63. The second-order valence-corrected chi connectivity index (χ2v) is 11.2. The SMILES string of the molecule is Cc1c(C)c(C)c(C(=O)OC(OC(=O)c2c(C)c(C)c(C)c(C)c2O)OC(=O)c2c(C)c(C)c(C)c(C)c2O)c(O)c1C. The van der Waals surface area contributed by atoms with Gasteiger partial charge >= 0.3 is 24.4 Å². The highest BCUT2D eigenvalue weighted by Crippen LogP contribution is 2.36. The molecule has 43 heavy (non-hydrogen) atoms. The third-order valence-corrected chi connectivity index (χ3v) is 9.19. The van der Waals surface area contributed by atoms with Crippen LogP contribution >= 0.6 is 0 Å². The van der Waals surface area contributed by atoms with Crippen LogP contribution in [0, 0.1) is 83.1 Å². The van der Waals surface area contributed by atoms with Crippen LogP contribution in [-0.2, 0) is 14.2 Å². The molecule has 230 valence electrons. The Labute approximate surface area is 252 Å². The zero-order chi connectivity index (χ0) is 32.8. The number of phenols is 3. The number of esters is 3. The number of rotatable bonds is 6. The zero-order valence-electron chi connectivity index (χ0n) is 26.9. The van der Waals surface area contributed by atoms with E-state index in [4.69, 9.17) is 14.2 Å². The summed E-state index contributed by atoms with van der Waals surface area (Å²) in [4.78, 5) is 40.4. The molecule has 3 aromatic carbocycles. The van der Waals surface area contributed by atoms with Gasteiger partial charge in [-0.2, -0.15) is 0 Å². The molecule has 0 radical (unpaired) electrons. The van der Waals surface area contributed by atoms with Crippen molar-refractivity contribution in [3.63, 3.8) is 0 Å². The van der Waals surface area contributed by atoms with E-state index in [9.17, 15) is 29.7 Å². The Kier molecular flexibility index (Phi) is 9.20. The van der Waals surface area contributed by atoms with E-state index < -0.39 is 24.4 Å². The molecule has 0 heterocycles. The van der Waals surface area contributed by atoms with Gasteiger partial charge in [-0.05, 0) is 150 Å². The first-order valence-electron chi connectivity index (χ1n) is 13.9. The van der Waals surface area contributed by atoms with Crippen molar-refractivity contribution in [3.8, 4) is 17.2 Å². The summed E-state index contributed by atoms with van der Waals surface area (Å²) in [7, 11) is 0. The molecule has 0 saturated heterocycles. The van der Waals surface area contributed by atoms with Gasteiger partial charge in [0.2, 0.25) is 0 Å². The van der Waals surface area contributed by atoms with E-state index in [-0.39, 0.29) is 33.9 Å². The summed E-state index contributed by atoms with van der Waals surface area (Å²) in [5.41, 5.74) is 6.69. The molecule has 3 N–H and O–H groups in total. The molecule has 0 aliphatic carbocycles. The lowest BCUT2D eigenvalue weighted by Crippen LogP contribution is -2.31. The fourth-order valence-electron chi connectivity index (χ4n) is 5.14. The number of phenolic OH excluding ortho intramolecular Hbond substituents is 3. The maximum absolute atomic E-state index is 13.5. The summed E-state index contributed by atoms with van der Waals surface area (Å²) in [5.74, 6) is -4.29. The van der Waals surface area contributed by atoms with Crippen LogP contribution in [-0.4, -0.2) is 39.7 Å². The van der Waals surface area contributed by atoms with Gasteiger partial charge in [0, 0.05) is 0 Å². The van der Waals surface area contributed by atoms with Crippen LogP contribution < -0.4 is 0 Å². The van der Waals surface area contributed by atoms with Crippen molar-refractivity contribution < 1.29 is 43.9 Å². The first-order chi connectivity index (χ1) is 19.8. The summed E-state index contributed by atoms with van der Waals surface area (Å²) < 4.78 is 16.2. The predicted molar refractivity (Wildman–Crippen MR) is 161 cm³/mol. The predicted octanol–water partition coefficient (Wildman–Crippen LogP) is 6.66. The number of ether oxygens (including phenoxy) is 3. The number of hydrogen-bond acceptors (Lipinski definition) is 9. The van der Waals surface area contributed by atoms with Crippen LogP contribution in [0.3, 0.4) is 0 Å². The molecule has 0 aliphatic rings. The highest BCUT2D eigenvalue weighted by Gasteiger charge is 2.33. The van der Waals surface area contributed by atoms with Gasteiger partial charge in [-0.1, -0.05) is 0 Å². The summed E-state index contributed by atoms with van der Waals surface area (Å²) in [5, 5.41) is 32.5. The maximum Gasteiger partial charge on any atom is 0.413 e. The van der Waals surface area contributed by atoms with Crippen LogP contribution in [0.2, 0.25) is 0 Å². The highest BCUT2D eigenvalue weighted by atomic mass is 16.9. The van der Waals surface area contributed by atoms with Gasteiger partial charge < -0.3 is 29.5 Å². The van der Waals surface area contributed by atoms with Crippen molar-refractivity contribution in [2.45, 2.75) is 89.6 Å². The third-order valence-electron chi connectivity index (χ3n) is 9.19. The fraction of sp³-hybridized carbons (Fsp3) is 0.382. The maximum atomic E-state index is 13.5. The second kappa shape index (κ2) is 12.0. The summed E-state index contributed by atoms with van der Waals surface area (Å²) in [6, 6.07) is 0. The molecule has 0 unspecified atom stereocenters. The van der Waals surface area contributed by atoms with Gasteiger partial charge in [-0.25, -0.2) is 14.4 Å². The molecule has 0 fully saturated rings. The minimum absolute atomic E-state index is 0.181. The van der Waals surface area contributed by atoms with E-state index in [1.807, 2.05) is 0 Å². The first kappa shape index (κ1) is 33.0. The minimum Gasteiger partial charge on any atom is -0.507 e. The molecule has 0 saturated carbocycles. The van der Waals surface area contributed by atoms with E-state index in [2.05, 4.69) is 0 Å². The topological polar surface area (TPSA) is 140 Å². The Bertz CT molecular complexity index is 1410. The molecule has 0 aromatic heterocycles. The molecule has 3 rings (SSSR count). The van der Waals surface area contributed by atoms with Gasteiger partial charge in [0.25, 0.3) is 0 Å². The highest BCUT2D eigenvalue weighted by molar-refractivity contribution is 5.98. The zero-order valence-corrected chi connectivity index (χ0v) is 26.9. The Balaban J connectivity index is 2.12. The van der Waals surface area contributed by atoms with E-state index in [1.165, 1.54) is 0 Å². The van der Waals surface area contributed by atoms with Crippen molar-refractivity contribution >= 4 is 17.9 Å². The van der Waals surface area contributed by atoms with Crippen molar-refractivity contribution in [1.82, 2.24) is 0 Å². The average Bonchev–Trinajstić information content (AvgIpc) is 2.95. The molecular formula is C34H40O9. The molecule has 3 aromatic rings. The summed E-state index contributed by atoms with van der Waals surface area (Å²) in [6.45, 7) is 18.3. The molecule has 9 heteroatoms. The molecule has 0 bridgehead atoms. The van der Waals surface area contributed by atoms with E-state index >= 15 is 0 Å². The van der Waals surface area contributed by atoms with Crippen molar-refractivity contribution in [2.75, 3.05) is 0 Å². The van der Waals surface area contributed by atoms with Gasteiger partial charge in [0.05, 0.1) is 0 Å². The lowest BCUT2D eigenvalue weighted by atomic mass is 9.93. The standard InChI is InChI=1S/C34H40O9/c1-13-16(4)22(10)28(35)25(19(13)7)31(38)41-34(42-32(39)26-20(8)14(2)17(5)23(11)29(26)36)43-33(40)27-21(9)15(3)18(6)24(12)30(27)37/h34-37H,1-12H3. The van der Waals surface area contributed by atoms with Crippen LogP contribution in [0.25, 0.3) is 0 Å². The summed E-state index contributed by atoms with van der Waals surface area (Å²) in [6.07, 6.45) is 0. The second-order valence-electron chi connectivity index (χ2n) is 11.2. The lowest BCUT2D eigenvalue weighted by Gasteiger charge is -2.23. The minimum atomic E-state index is -2.24. The summed E-state index contributed by atoms with van der Waals surface area (Å²) >= 11 is 0. The smallest absolute Gasteiger partial charge is 0.413 e. The molecular weight excluding hydrogens is 552 g/mol. The Hall–Kier alpha value is -4.53. The molecule has 0 amide bonds. The number of carbonyl (C=O) groups excluding carboxylic acids is 3.